The lowest BCUT2D eigenvalue weighted by Gasteiger charge is -2.26. The van der Waals surface area contributed by atoms with Crippen molar-refractivity contribution in [3.05, 3.63) is 151 Å². The SMILES string of the molecule is CC1c2ccc(-c3cccc(-c4nc(-c5ccccc5)nc(-c5ccccc5)n4)c3)cc2Oc2c1ccc1c2oc2ccccc21. The fourth-order valence-corrected chi connectivity index (χ4v) is 6.44. The molecule has 6 aromatic carbocycles. The Kier molecular flexibility index (Phi) is 6.03. The topological polar surface area (TPSA) is 61.0 Å². The van der Waals surface area contributed by atoms with Crippen molar-refractivity contribution in [3.8, 4) is 56.8 Å². The molecular weight excluding hydrogens is 566 g/mol. The number of para-hydroxylation sites is 1. The van der Waals surface area contributed by atoms with Crippen molar-refractivity contribution < 1.29 is 9.15 Å². The molecule has 9 rings (SSSR count). The van der Waals surface area contributed by atoms with Crippen molar-refractivity contribution in [3.63, 3.8) is 0 Å². The molecule has 218 valence electrons. The Hall–Kier alpha value is -6.07. The zero-order valence-electron chi connectivity index (χ0n) is 25.0. The highest BCUT2D eigenvalue weighted by atomic mass is 16.5. The van der Waals surface area contributed by atoms with E-state index in [1.807, 2.05) is 84.9 Å². The van der Waals surface area contributed by atoms with Gasteiger partial charge in [0.2, 0.25) is 0 Å². The van der Waals surface area contributed by atoms with E-state index in [-0.39, 0.29) is 5.92 Å². The van der Waals surface area contributed by atoms with Gasteiger partial charge in [-0.15, -0.1) is 0 Å². The molecule has 5 nitrogen and oxygen atoms in total. The lowest BCUT2D eigenvalue weighted by Crippen LogP contribution is -2.07. The molecule has 0 spiro atoms. The van der Waals surface area contributed by atoms with Crippen molar-refractivity contribution in [2.24, 2.45) is 0 Å². The van der Waals surface area contributed by atoms with E-state index in [1.165, 1.54) is 0 Å². The van der Waals surface area contributed by atoms with E-state index in [4.69, 9.17) is 24.1 Å². The van der Waals surface area contributed by atoms with Crippen LogP contribution < -0.4 is 4.74 Å². The van der Waals surface area contributed by atoms with Gasteiger partial charge in [0.05, 0.1) is 0 Å². The van der Waals surface area contributed by atoms with Crippen LogP contribution in [-0.2, 0) is 0 Å². The van der Waals surface area contributed by atoms with Crippen molar-refractivity contribution >= 4 is 21.9 Å². The van der Waals surface area contributed by atoms with Gasteiger partial charge in [-0.2, -0.15) is 0 Å². The molecular formula is C41H27N3O2. The molecule has 0 bridgehead atoms. The fourth-order valence-electron chi connectivity index (χ4n) is 6.44. The maximum atomic E-state index is 6.67. The molecule has 0 saturated heterocycles. The first-order valence-corrected chi connectivity index (χ1v) is 15.4. The first kappa shape index (κ1) is 26.3. The van der Waals surface area contributed by atoms with Crippen LogP contribution in [0.3, 0.4) is 0 Å². The van der Waals surface area contributed by atoms with Crippen LogP contribution in [0.25, 0.3) is 67.2 Å². The van der Waals surface area contributed by atoms with E-state index >= 15 is 0 Å². The Morgan fingerprint density at radius 3 is 1.80 bits per heavy atom. The minimum atomic E-state index is 0.162. The van der Waals surface area contributed by atoms with E-state index in [9.17, 15) is 0 Å². The zero-order valence-corrected chi connectivity index (χ0v) is 25.0. The van der Waals surface area contributed by atoms with Crippen LogP contribution in [0.2, 0.25) is 0 Å². The molecule has 1 atom stereocenters. The van der Waals surface area contributed by atoms with Crippen molar-refractivity contribution in [1.29, 1.82) is 0 Å². The van der Waals surface area contributed by atoms with Gasteiger partial charge in [-0.3, -0.25) is 0 Å². The summed E-state index contributed by atoms with van der Waals surface area (Å²) in [6.07, 6.45) is 0. The van der Waals surface area contributed by atoms with Gasteiger partial charge in [0.15, 0.2) is 28.8 Å². The van der Waals surface area contributed by atoms with Gasteiger partial charge >= 0.3 is 0 Å². The molecule has 46 heavy (non-hydrogen) atoms. The van der Waals surface area contributed by atoms with Gasteiger partial charge in [-0.05, 0) is 35.4 Å². The smallest absolute Gasteiger partial charge is 0.178 e. The zero-order chi connectivity index (χ0) is 30.6. The summed E-state index contributed by atoms with van der Waals surface area (Å²) >= 11 is 0. The lowest BCUT2D eigenvalue weighted by atomic mass is 9.87. The minimum Gasteiger partial charge on any atom is -0.453 e. The van der Waals surface area contributed by atoms with E-state index in [0.29, 0.717) is 17.5 Å². The fraction of sp³-hybridized carbons (Fsp3) is 0.0488. The highest BCUT2D eigenvalue weighted by Gasteiger charge is 2.28. The molecule has 2 aromatic heterocycles. The molecule has 1 aliphatic heterocycles. The molecule has 1 aliphatic rings. The summed E-state index contributed by atoms with van der Waals surface area (Å²) in [5, 5.41) is 2.16. The third-order valence-electron chi connectivity index (χ3n) is 8.84. The second-order valence-corrected chi connectivity index (χ2v) is 11.7. The second-order valence-electron chi connectivity index (χ2n) is 11.7. The van der Waals surface area contributed by atoms with Crippen LogP contribution >= 0.6 is 0 Å². The molecule has 5 heteroatoms. The number of hydrogen-bond acceptors (Lipinski definition) is 5. The van der Waals surface area contributed by atoms with Gasteiger partial charge in [0.1, 0.15) is 11.3 Å². The summed E-state index contributed by atoms with van der Waals surface area (Å²) in [5.74, 6) is 3.71. The number of nitrogens with zero attached hydrogens (tertiary/aromatic N) is 3. The molecule has 0 radical (unpaired) electrons. The van der Waals surface area contributed by atoms with Gasteiger partial charge < -0.3 is 9.15 Å². The van der Waals surface area contributed by atoms with Gasteiger partial charge in [-0.25, -0.2) is 15.0 Å². The average Bonchev–Trinajstić information content (AvgIpc) is 3.51. The number of aromatic nitrogens is 3. The Balaban J connectivity index is 1.12. The summed E-state index contributed by atoms with van der Waals surface area (Å²) in [6, 6.07) is 47.4. The summed E-state index contributed by atoms with van der Waals surface area (Å²) in [7, 11) is 0. The molecule has 0 N–H and O–H groups in total. The first-order valence-electron chi connectivity index (χ1n) is 15.4. The molecule has 3 heterocycles. The van der Waals surface area contributed by atoms with Crippen molar-refractivity contribution in [1.82, 2.24) is 15.0 Å². The van der Waals surface area contributed by atoms with E-state index < -0.39 is 0 Å². The number of benzene rings is 6. The number of fused-ring (bicyclic) bond motifs is 6. The molecule has 0 saturated carbocycles. The number of rotatable bonds is 4. The summed E-state index contributed by atoms with van der Waals surface area (Å²) < 4.78 is 13.0. The van der Waals surface area contributed by atoms with Crippen LogP contribution in [0.15, 0.2) is 144 Å². The predicted molar refractivity (Wildman–Crippen MR) is 183 cm³/mol. The third kappa shape index (κ3) is 4.36. The maximum Gasteiger partial charge on any atom is 0.178 e. The Morgan fingerprint density at radius 2 is 1.07 bits per heavy atom. The maximum absolute atomic E-state index is 6.67. The predicted octanol–water partition coefficient (Wildman–Crippen LogP) is 10.7. The highest BCUT2D eigenvalue weighted by Crippen LogP contribution is 2.49. The Bertz CT molecular complexity index is 2360. The van der Waals surface area contributed by atoms with Gasteiger partial charge in [-0.1, -0.05) is 122 Å². The van der Waals surface area contributed by atoms with Crippen LogP contribution in [-0.4, -0.2) is 15.0 Å². The molecule has 1 unspecified atom stereocenters. The summed E-state index contributed by atoms with van der Waals surface area (Å²) in [4.78, 5) is 14.7. The Morgan fingerprint density at radius 1 is 0.478 bits per heavy atom. The molecule has 0 amide bonds. The molecule has 0 fully saturated rings. The largest absolute Gasteiger partial charge is 0.453 e. The number of ether oxygens (including phenoxy) is 1. The standard InChI is InChI=1S/C41H27N3O2/c1-25-31-20-19-29(24-36(31)46-37-32(25)21-22-34-33-17-8-9-18-35(33)45-38(34)37)28-15-10-16-30(23-28)41-43-39(26-11-4-2-5-12-26)42-40(44-41)27-13-6-3-7-14-27/h2-25H,1H3. The summed E-state index contributed by atoms with van der Waals surface area (Å²) in [6.45, 7) is 2.23. The van der Waals surface area contributed by atoms with E-state index in [2.05, 4.69) is 61.5 Å². The van der Waals surface area contributed by atoms with Gasteiger partial charge in [0.25, 0.3) is 0 Å². The second kappa shape index (κ2) is 10.5. The quantitative estimate of drug-likeness (QED) is 0.203. The van der Waals surface area contributed by atoms with Gasteiger partial charge in [0, 0.05) is 44.5 Å². The van der Waals surface area contributed by atoms with Crippen LogP contribution in [0.1, 0.15) is 24.0 Å². The highest BCUT2D eigenvalue weighted by molar-refractivity contribution is 6.07. The van der Waals surface area contributed by atoms with Crippen LogP contribution in [0.5, 0.6) is 11.5 Å². The molecule has 8 aromatic rings. The third-order valence-corrected chi connectivity index (χ3v) is 8.84. The lowest BCUT2D eigenvalue weighted by molar-refractivity contribution is 0.445. The minimum absolute atomic E-state index is 0.162. The van der Waals surface area contributed by atoms with E-state index in [1.54, 1.807) is 0 Å². The monoisotopic (exact) mass is 593 g/mol. The van der Waals surface area contributed by atoms with Crippen molar-refractivity contribution in [2.45, 2.75) is 12.8 Å². The summed E-state index contributed by atoms with van der Waals surface area (Å²) in [5.41, 5.74) is 8.84. The first-order chi connectivity index (χ1) is 22.7. The molecule has 0 aliphatic carbocycles. The Labute approximate surface area is 265 Å². The van der Waals surface area contributed by atoms with E-state index in [0.717, 1.165) is 72.4 Å². The average molecular weight is 594 g/mol. The van der Waals surface area contributed by atoms with Crippen LogP contribution in [0, 0.1) is 0 Å². The number of furan rings is 1. The van der Waals surface area contributed by atoms with Crippen molar-refractivity contribution in [2.75, 3.05) is 0 Å². The normalized spacial score (nSPS) is 13.7. The van der Waals surface area contributed by atoms with Crippen LogP contribution in [0.4, 0.5) is 0 Å². The number of hydrogen-bond donors (Lipinski definition) is 0.